The molecule has 2 rings (SSSR count). The lowest BCUT2D eigenvalue weighted by molar-refractivity contribution is 0.601. The van der Waals surface area contributed by atoms with Crippen molar-refractivity contribution in [3.63, 3.8) is 0 Å². The average molecular weight is 289 g/mol. The number of nitrogens with one attached hydrogen (secondary N) is 1. The smallest absolute Gasteiger partial charge is 0.261 e. The van der Waals surface area contributed by atoms with Crippen molar-refractivity contribution < 1.29 is 8.42 Å². The summed E-state index contributed by atoms with van der Waals surface area (Å²) in [5.74, 6) is 0.360. The molecule has 0 spiro atoms. The highest BCUT2D eigenvalue weighted by Gasteiger charge is 2.14. The summed E-state index contributed by atoms with van der Waals surface area (Å²) < 4.78 is 27.2. The molecule has 1 N–H and O–H groups in total. The lowest BCUT2D eigenvalue weighted by Crippen LogP contribution is -2.13. The molecule has 0 amide bonds. The second-order valence-corrected chi connectivity index (χ2v) is 6.88. The maximum absolute atomic E-state index is 12.3. The van der Waals surface area contributed by atoms with Gasteiger partial charge in [0, 0.05) is 5.69 Å². The molecule has 0 radical (unpaired) electrons. The summed E-state index contributed by atoms with van der Waals surface area (Å²) in [5, 5.41) is 0. The molecule has 0 aromatic heterocycles. The van der Waals surface area contributed by atoms with Crippen LogP contribution in [0, 0.1) is 6.92 Å². The van der Waals surface area contributed by atoms with Gasteiger partial charge in [0.2, 0.25) is 0 Å². The number of sulfonamides is 1. The standard InChI is InChI=1S/C16H19NO2S/c1-12(2)14-5-4-6-15(11-14)17-20(18,19)16-9-7-13(3)8-10-16/h4-12,17H,1-3H3. The van der Waals surface area contributed by atoms with Crippen molar-refractivity contribution in [1.29, 1.82) is 0 Å². The van der Waals surface area contributed by atoms with Gasteiger partial charge >= 0.3 is 0 Å². The Morgan fingerprint density at radius 3 is 2.25 bits per heavy atom. The molecule has 0 fully saturated rings. The first kappa shape index (κ1) is 14.6. The molecule has 0 aliphatic carbocycles. The van der Waals surface area contributed by atoms with E-state index in [1.807, 2.05) is 25.1 Å². The van der Waals surface area contributed by atoms with Gasteiger partial charge in [-0.15, -0.1) is 0 Å². The first-order chi connectivity index (χ1) is 9.38. The molecule has 0 unspecified atom stereocenters. The lowest BCUT2D eigenvalue weighted by atomic mass is 10.0. The van der Waals surface area contributed by atoms with Crippen molar-refractivity contribution in [3.05, 3.63) is 59.7 Å². The minimum absolute atomic E-state index is 0.276. The maximum Gasteiger partial charge on any atom is 0.261 e. The predicted octanol–water partition coefficient (Wildman–Crippen LogP) is 3.92. The van der Waals surface area contributed by atoms with E-state index in [1.54, 1.807) is 30.3 Å². The third-order valence-electron chi connectivity index (χ3n) is 3.14. The fourth-order valence-corrected chi connectivity index (χ4v) is 2.94. The molecule has 0 saturated carbocycles. The Morgan fingerprint density at radius 2 is 1.65 bits per heavy atom. The highest BCUT2D eigenvalue weighted by Crippen LogP contribution is 2.21. The van der Waals surface area contributed by atoms with E-state index in [0.717, 1.165) is 11.1 Å². The Hall–Kier alpha value is -1.81. The van der Waals surface area contributed by atoms with E-state index in [2.05, 4.69) is 18.6 Å². The molecule has 106 valence electrons. The summed E-state index contributed by atoms with van der Waals surface area (Å²) in [6.45, 7) is 6.08. The summed E-state index contributed by atoms with van der Waals surface area (Å²) in [7, 11) is -3.52. The fourth-order valence-electron chi connectivity index (χ4n) is 1.89. The van der Waals surface area contributed by atoms with E-state index in [4.69, 9.17) is 0 Å². The monoisotopic (exact) mass is 289 g/mol. The molecule has 0 saturated heterocycles. The zero-order valence-electron chi connectivity index (χ0n) is 11.9. The van der Waals surface area contributed by atoms with Gasteiger partial charge < -0.3 is 0 Å². The van der Waals surface area contributed by atoms with E-state index >= 15 is 0 Å². The van der Waals surface area contributed by atoms with Crippen molar-refractivity contribution in [2.45, 2.75) is 31.6 Å². The van der Waals surface area contributed by atoms with Crippen LogP contribution in [0.15, 0.2) is 53.4 Å². The molecule has 4 heteroatoms. The fraction of sp³-hybridized carbons (Fsp3) is 0.250. The van der Waals surface area contributed by atoms with Crippen molar-refractivity contribution in [1.82, 2.24) is 0 Å². The topological polar surface area (TPSA) is 46.2 Å². The van der Waals surface area contributed by atoms with E-state index in [0.29, 0.717) is 11.6 Å². The zero-order valence-corrected chi connectivity index (χ0v) is 12.7. The van der Waals surface area contributed by atoms with Crippen molar-refractivity contribution in [2.75, 3.05) is 4.72 Å². The molecular weight excluding hydrogens is 270 g/mol. The number of hydrogen-bond acceptors (Lipinski definition) is 2. The molecule has 2 aromatic rings. The molecule has 2 aromatic carbocycles. The Bertz CT molecular complexity index is 689. The Kier molecular flexibility index (Phi) is 4.14. The Balaban J connectivity index is 2.28. The third-order valence-corrected chi connectivity index (χ3v) is 4.53. The molecular formula is C16H19NO2S. The third kappa shape index (κ3) is 3.39. The van der Waals surface area contributed by atoms with E-state index < -0.39 is 10.0 Å². The van der Waals surface area contributed by atoms with Crippen LogP contribution in [0.1, 0.15) is 30.9 Å². The van der Waals surface area contributed by atoms with Crippen molar-refractivity contribution >= 4 is 15.7 Å². The largest absolute Gasteiger partial charge is 0.280 e. The first-order valence-electron chi connectivity index (χ1n) is 6.58. The maximum atomic E-state index is 12.3. The van der Waals surface area contributed by atoms with Crippen LogP contribution in [-0.2, 0) is 10.0 Å². The molecule has 0 aliphatic rings. The SMILES string of the molecule is Cc1ccc(S(=O)(=O)Nc2cccc(C(C)C)c2)cc1. The summed E-state index contributed by atoms with van der Waals surface area (Å²) in [6.07, 6.45) is 0. The van der Waals surface area contributed by atoms with Gasteiger partial charge in [0.25, 0.3) is 10.0 Å². The highest BCUT2D eigenvalue weighted by atomic mass is 32.2. The normalized spacial score (nSPS) is 11.6. The van der Waals surface area contributed by atoms with Gasteiger partial charge in [-0.25, -0.2) is 8.42 Å². The van der Waals surface area contributed by atoms with Crippen LogP contribution in [0.5, 0.6) is 0 Å². The Morgan fingerprint density at radius 1 is 1.00 bits per heavy atom. The summed E-state index contributed by atoms with van der Waals surface area (Å²) in [5.41, 5.74) is 2.73. The molecule has 3 nitrogen and oxygen atoms in total. The quantitative estimate of drug-likeness (QED) is 0.927. The van der Waals surface area contributed by atoms with Crippen LogP contribution in [-0.4, -0.2) is 8.42 Å². The molecule has 0 heterocycles. The summed E-state index contributed by atoms with van der Waals surface area (Å²) >= 11 is 0. The highest BCUT2D eigenvalue weighted by molar-refractivity contribution is 7.92. The zero-order chi connectivity index (χ0) is 14.8. The van der Waals surface area contributed by atoms with Gasteiger partial charge in [-0.1, -0.05) is 43.7 Å². The minimum atomic E-state index is -3.52. The number of aryl methyl sites for hydroxylation is 1. The van der Waals surface area contributed by atoms with Gasteiger partial charge in [0.15, 0.2) is 0 Å². The van der Waals surface area contributed by atoms with Crippen LogP contribution < -0.4 is 4.72 Å². The second-order valence-electron chi connectivity index (χ2n) is 5.20. The lowest BCUT2D eigenvalue weighted by Gasteiger charge is -2.11. The van der Waals surface area contributed by atoms with Gasteiger partial charge in [-0.3, -0.25) is 4.72 Å². The van der Waals surface area contributed by atoms with Gasteiger partial charge in [0.1, 0.15) is 0 Å². The van der Waals surface area contributed by atoms with Crippen LogP contribution in [0.2, 0.25) is 0 Å². The van der Waals surface area contributed by atoms with Crippen LogP contribution in [0.4, 0.5) is 5.69 Å². The first-order valence-corrected chi connectivity index (χ1v) is 8.06. The molecule has 0 aliphatic heterocycles. The summed E-state index contributed by atoms with van der Waals surface area (Å²) in [6, 6.07) is 14.3. The Labute approximate surface area is 120 Å². The minimum Gasteiger partial charge on any atom is -0.280 e. The van der Waals surface area contributed by atoms with Crippen LogP contribution >= 0.6 is 0 Å². The average Bonchev–Trinajstić information content (AvgIpc) is 2.39. The predicted molar refractivity (Wildman–Crippen MR) is 82.5 cm³/mol. The molecule has 0 bridgehead atoms. The van der Waals surface area contributed by atoms with Gasteiger partial charge in [-0.05, 0) is 42.7 Å². The number of hydrogen-bond donors (Lipinski definition) is 1. The van der Waals surface area contributed by atoms with E-state index in [9.17, 15) is 8.42 Å². The van der Waals surface area contributed by atoms with Crippen LogP contribution in [0.25, 0.3) is 0 Å². The number of rotatable bonds is 4. The number of anilines is 1. The van der Waals surface area contributed by atoms with Gasteiger partial charge in [-0.2, -0.15) is 0 Å². The summed E-state index contributed by atoms with van der Waals surface area (Å²) in [4.78, 5) is 0.276. The van der Waals surface area contributed by atoms with Crippen LogP contribution in [0.3, 0.4) is 0 Å². The van der Waals surface area contributed by atoms with Crippen molar-refractivity contribution in [2.24, 2.45) is 0 Å². The van der Waals surface area contributed by atoms with E-state index in [1.165, 1.54) is 0 Å². The second kappa shape index (κ2) is 5.67. The number of benzene rings is 2. The molecule has 0 atom stereocenters. The van der Waals surface area contributed by atoms with E-state index in [-0.39, 0.29) is 4.90 Å². The van der Waals surface area contributed by atoms with Gasteiger partial charge in [0.05, 0.1) is 4.90 Å². The van der Waals surface area contributed by atoms with Crippen molar-refractivity contribution in [3.8, 4) is 0 Å². The molecule has 20 heavy (non-hydrogen) atoms.